The van der Waals surface area contributed by atoms with Gasteiger partial charge in [0.2, 0.25) is 5.95 Å². The van der Waals surface area contributed by atoms with Crippen LogP contribution >= 0.6 is 11.3 Å². The zero-order chi connectivity index (χ0) is 17.5. The van der Waals surface area contributed by atoms with E-state index in [1.54, 1.807) is 18.4 Å². The van der Waals surface area contributed by atoms with E-state index in [2.05, 4.69) is 57.7 Å². The number of nitrogens with one attached hydrogen (secondary N) is 1. The number of imidazole rings is 1. The molecular formula is C21H19N3OS. The van der Waals surface area contributed by atoms with Gasteiger partial charge in [-0.3, -0.25) is 0 Å². The second-order valence-electron chi connectivity index (χ2n) is 6.53. The molecule has 0 unspecified atom stereocenters. The molecule has 0 amide bonds. The van der Waals surface area contributed by atoms with Crippen LogP contribution in [-0.4, -0.2) is 16.7 Å². The molecule has 130 valence electrons. The van der Waals surface area contributed by atoms with Crippen LogP contribution in [0.15, 0.2) is 66.0 Å². The highest BCUT2D eigenvalue weighted by atomic mass is 32.1. The summed E-state index contributed by atoms with van der Waals surface area (Å²) in [6.45, 7) is 0. The minimum absolute atomic E-state index is 0.233. The second-order valence-corrected chi connectivity index (χ2v) is 7.51. The molecular weight excluding hydrogens is 342 g/mol. The third-order valence-electron chi connectivity index (χ3n) is 5.06. The van der Waals surface area contributed by atoms with Crippen molar-refractivity contribution >= 4 is 28.3 Å². The predicted octanol–water partition coefficient (Wildman–Crippen LogP) is 5.25. The highest BCUT2D eigenvalue weighted by molar-refractivity contribution is 7.10. The maximum atomic E-state index is 5.33. The van der Waals surface area contributed by atoms with Gasteiger partial charge >= 0.3 is 0 Å². The lowest BCUT2D eigenvalue weighted by molar-refractivity contribution is 0.414. The van der Waals surface area contributed by atoms with E-state index in [4.69, 9.17) is 9.72 Å². The van der Waals surface area contributed by atoms with Gasteiger partial charge in [0.05, 0.1) is 30.2 Å². The molecule has 0 saturated carbocycles. The number of para-hydroxylation sites is 2. The molecule has 2 atom stereocenters. The number of benzene rings is 2. The van der Waals surface area contributed by atoms with E-state index in [1.807, 2.05) is 18.2 Å². The Bertz CT molecular complexity index is 1040. The Kier molecular flexibility index (Phi) is 3.68. The van der Waals surface area contributed by atoms with Gasteiger partial charge in [0, 0.05) is 4.88 Å². The maximum absolute atomic E-state index is 5.33. The third-order valence-corrected chi connectivity index (χ3v) is 6.04. The van der Waals surface area contributed by atoms with Crippen LogP contribution in [0.5, 0.6) is 5.75 Å². The van der Waals surface area contributed by atoms with E-state index in [0.717, 1.165) is 23.6 Å². The Morgan fingerprint density at radius 1 is 1.08 bits per heavy atom. The number of hydrogen-bond acceptors (Lipinski definition) is 4. The van der Waals surface area contributed by atoms with E-state index in [1.165, 1.54) is 16.0 Å². The minimum Gasteiger partial charge on any atom is -0.497 e. The number of hydrogen-bond donors (Lipinski definition) is 1. The molecule has 0 fully saturated rings. The number of rotatable bonds is 3. The summed E-state index contributed by atoms with van der Waals surface area (Å²) >= 11 is 1.79. The Balaban J connectivity index is 1.66. The van der Waals surface area contributed by atoms with Gasteiger partial charge in [0.1, 0.15) is 5.75 Å². The average Bonchev–Trinajstić information content (AvgIpc) is 3.35. The van der Waals surface area contributed by atoms with Crippen LogP contribution in [0, 0.1) is 0 Å². The smallest absolute Gasteiger partial charge is 0.204 e. The summed E-state index contributed by atoms with van der Waals surface area (Å²) in [5.41, 5.74) is 3.47. The molecule has 0 radical (unpaired) electrons. The van der Waals surface area contributed by atoms with Gasteiger partial charge in [-0.15, -0.1) is 11.3 Å². The standard InChI is InChI=1S/C21H19N3OS/c1-25-15-10-8-14(9-11-15)19-13-17(20-7-4-12-26-20)23-21-22-16-5-2-3-6-18(16)24(19)21/h2-12,17,19H,13H2,1H3,(H,22,23)/t17-,19-/m1/s1. The topological polar surface area (TPSA) is 39.1 Å². The molecule has 1 aliphatic heterocycles. The maximum Gasteiger partial charge on any atom is 0.204 e. The summed E-state index contributed by atoms with van der Waals surface area (Å²) in [6, 6.07) is 21.6. The van der Waals surface area contributed by atoms with Crippen molar-refractivity contribution in [2.75, 3.05) is 12.4 Å². The van der Waals surface area contributed by atoms with Gasteiger partial charge in [-0.25, -0.2) is 4.98 Å². The molecule has 2 aromatic carbocycles. The first-order chi connectivity index (χ1) is 12.8. The molecule has 5 rings (SSSR count). The average molecular weight is 361 g/mol. The van der Waals surface area contributed by atoms with Crippen molar-refractivity contribution in [2.24, 2.45) is 0 Å². The Labute approximate surface area is 156 Å². The lowest BCUT2D eigenvalue weighted by atomic mass is 9.96. The Morgan fingerprint density at radius 2 is 1.92 bits per heavy atom. The third kappa shape index (κ3) is 2.47. The van der Waals surface area contributed by atoms with Crippen molar-refractivity contribution in [3.63, 3.8) is 0 Å². The first kappa shape index (κ1) is 15.5. The quantitative estimate of drug-likeness (QED) is 0.541. The summed E-state index contributed by atoms with van der Waals surface area (Å²) in [7, 11) is 1.70. The molecule has 0 saturated heterocycles. The van der Waals surface area contributed by atoms with Crippen LogP contribution in [0.2, 0.25) is 0 Å². The Hall–Kier alpha value is -2.79. The number of anilines is 1. The number of thiophene rings is 1. The highest BCUT2D eigenvalue weighted by Gasteiger charge is 2.31. The van der Waals surface area contributed by atoms with E-state index in [9.17, 15) is 0 Å². The molecule has 4 nitrogen and oxygen atoms in total. The molecule has 26 heavy (non-hydrogen) atoms. The van der Waals surface area contributed by atoms with Crippen molar-refractivity contribution in [3.8, 4) is 5.75 Å². The van der Waals surface area contributed by atoms with Gasteiger partial charge in [0.15, 0.2) is 0 Å². The number of methoxy groups -OCH3 is 1. The minimum atomic E-state index is 0.233. The van der Waals surface area contributed by atoms with Gasteiger partial charge in [-0.05, 0) is 47.7 Å². The molecule has 2 aromatic heterocycles. The van der Waals surface area contributed by atoms with E-state index in [-0.39, 0.29) is 12.1 Å². The second kappa shape index (κ2) is 6.18. The molecule has 1 N–H and O–H groups in total. The van der Waals surface area contributed by atoms with E-state index in [0.29, 0.717) is 0 Å². The van der Waals surface area contributed by atoms with Crippen LogP contribution in [0.3, 0.4) is 0 Å². The normalized spacial score (nSPS) is 19.1. The van der Waals surface area contributed by atoms with Crippen LogP contribution in [-0.2, 0) is 0 Å². The molecule has 0 bridgehead atoms. The van der Waals surface area contributed by atoms with Crippen molar-refractivity contribution in [2.45, 2.75) is 18.5 Å². The summed E-state index contributed by atoms with van der Waals surface area (Å²) in [4.78, 5) is 6.20. The van der Waals surface area contributed by atoms with Crippen LogP contribution in [0.1, 0.15) is 28.9 Å². The summed E-state index contributed by atoms with van der Waals surface area (Å²) < 4.78 is 7.67. The molecule has 5 heteroatoms. The number of fused-ring (bicyclic) bond motifs is 3. The van der Waals surface area contributed by atoms with Crippen molar-refractivity contribution in [3.05, 3.63) is 76.5 Å². The van der Waals surface area contributed by atoms with Gasteiger partial charge < -0.3 is 14.6 Å². The number of aromatic nitrogens is 2. The Morgan fingerprint density at radius 3 is 2.69 bits per heavy atom. The zero-order valence-electron chi connectivity index (χ0n) is 14.4. The summed E-state index contributed by atoms with van der Waals surface area (Å²) in [5, 5.41) is 5.78. The van der Waals surface area contributed by atoms with Crippen molar-refractivity contribution in [1.29, 1.82) is 0 Å². The largest absolute Gasteiger partial charge is 0.497 e. The van der Waals surface area contributed by atoms with Crippen LogP contribution in [0.25, 0.3) is 11.0 Å². The molecule has 0 aliphatic carbocycles. The van der Waals surface area contributed by atoms with Gasteiger partial charge in [0.25, 0.3) is 0 Å². The SMILES string of the molecule is COc1ccc([C@H]2C[C@H](c3cccs3)Nc3nc4ccccc4n32)cc1. The lowest BCUT2D eigenvalue weighted by Crippen LogP contribution is -2.26. The monoisotopic (exact) mass is 361 g/mol. The first-order valence-corrected chi connectivity index (χ1v) is 9.62. The molecule has 4 aromatic rings. The van der Waals surface area contributed by atoms with Crippen LogP contribution < -0.4 is 10.1 Å². The van der Waals surface area contributed by atoms with Gasteiger partial charge in [-0.1, -0.05) is 30.3 Å². The zero-order valence-corrected chi connectivity index (χ0v) is 15.2. The lowest BCUT2D eigenvalue weighted by Gasteiger charge is -2.33. The van der Waals surface area contributed by atoms with Crippen molar-refractivity contribution in [1.82, 2.24) is 9.55 Å². The molecule has 0 spiro atoms. The first-order valence-electron chi connectivity index (χ1n) is 8.74. The van der Waals surface area contributed by atoms with Gasteiger partial charge in [-0.2, -0.15) is 0 Å². The van der Waals surface area contributed by atoms with Crippen molar-refractivity contribution < 1.29 is 4.74 Å². The summed E-state index contributed by atoms with van der Waals surface area (Å²) in [6.07, 6.45) is 0.986. The number of nitrogens with zero attached hydrogens (tertiary/aromatic N) is 2. The fourth-order valence-corrected chi connectivity index (χ4v) is 4.58. The highest BCUT2D eigenvalue weighted by Crippen LogP contribution is 2.42. The fraction of sp³-hybridized carbons (Fsp3) is 0.190. The van der Waals surface area contributed by atoms with E-state index >= 15 is 0 Å². The van der Waals surface area contributed by atoms with Crippen LogP contribution in [0.4, 0.5) is 5.95 Å². The van der Waals surface area contributed by atoms with E-state index < -0.39 is 0 Å². The molecule has 3 heterocycles. The number of ether oxygens (including phenoxy) is 1. The summed E-state index contributed by atoms with van der Waals surface area (Å²) in [5.74, 6) is 1.82. The molecule has 1 aliphatic rings. The predicted molar refractivity (Wildman–Crippen MR) is 106 cm³/mol. The fourth-order valence-electron chi connectivity index (χ4n) is 3.79.